The van der Waals surface area contributed by atoms with Gasteiger partial charge in [0.15, 0.2) is 24.8 Å². The lowest BCUT2D eigenvalue weighted by atomic mass is 9.35. The highest BCUT2D eigenvalue weighted by molar-refractivity contribution is 5.75. The predicted molar refractivity (Wildman–Crippen MR) is 199 cm³/mol. The standard InChI is InChI=1S/C42H62O15/c1-37(2)21-10-13-42(7)22(9-8-19-20-18-39(4,36(52)53)15-14-38(20,3)16-17-41(19,42)6)40(21,5)12-11-23(37)54-35-31(27(46)26(45)30(56-35)33(50)51)57-34-28(47)24(43)25(44)29(55-34)32(48)49/h8-9,21-31,34-35,43-47H,10-18H2,1-7H3,(H,48,49)(H,50,51)(H,52,53)/t21?,22?,23-,24-,25-,26-,27-,28+,29-,30-,31+,34-,35+,38+,39-,40-,41+,42+/m0/s1. The van der Waals surface area contributed by atoms with E-state index in [1.165, 1.54) is 11.1 Å². The summed E-state index contributed by atoms with van der Waals surface area (Å²) in [5.41, 5.74) is 0.770. The number of rotatable bonds is 7. The van der Waals surface area contributed by atoms with Gasteiger partial charge < -0.3 is 59.8 Å². The van der Waals surface area contributed by atoms with Crippen LogP contribution in [-0.2, 0) is 33.3 Å². The second-order valence-corrected chi connectivity index (χ2v) is 20.2. The molecular weight excluding hydrogens is 744 g/mol. The van der Waals surface area contributed by atoms with Gasteiger partial charge in [-0.3, -0.25) is 4.79 Å². The molecule has 2 saturated heterocycles. The predicted octanol–water partition coefficient (Wildman–Crippen LogP) is 2.99. The zero-order valence-corrected chi connectivity index (χ0v) is 34.0. The van der Waals surface area contributed by atoms with Crippen LogP contribution in [0.15, 0.2) is 23.3 Å². The average Bonchev–Trinajstić information content (AvgIpc) is 3.12. The van der Waals surface area contributed by atoms with Gasteiger partial charge in [-0.2, -0.15) is 0 Å². The Labute approximate surface area is 333 Å². The number of aliphatic hydroxyl groups excluding tert-OH is 5. The number of allylic oxidation sites excluding steroid dienone is 4. The summed E-state index contributed by atoms with van der Waals surface area (Å²) in [4.78, 5) is 36.4. The summed E-state index contributed by atoms with van der Waals surface area (Å²) in [6.07, 6.45) is -7.94. The number of hydrogen-bond acceptors (Lipinski definition) is 12. The van der Waals surface area contributed by atoms with Crippen LogP contribution in [0.2, 0.25) is 0 Å². The summed E-state index contributed by atoms with van der Waals surface area (Å²) in [5, 5.41) is 83.0. The summed E-state index contributed by atoms with van der Waals surface area (Å²) in [7, 11) is 0. The molecule has 3 saturated carbocycles. The first-order valence-corrected chi connectivity index (χ1v) is 20.5. The molecule has 0 spiro atoms. The lowest BCUT2D eigenvalue weighted by molar-refractivity contribution is -0.371. The molecule has 18 atom stereocenters. The third-order valence-electron chi connectivity index (χ3n) is 16.9. The van der Waals surface area contributed by atoms with Crippen LogP contribution < -0.4 is 0 Å². The van der Waals surface area contributed by atoms with E-state index in [9.17, 15) is 55.2 Å². The second-order valence-electron chi connectivity index (χ2n) is 20.2. The van der Waals surface area contributed by atoms with Crippen molar-refractivity contribution in [1.29, 1.82) is 0 Å². The van der Waals surface area contributed by atoms with Crippen molar-refractivity contribution in [3.05, 3.63) is 23.3 Å². The van der Waals surface area contributed by atoms with Gasteiger partial charge in [-0.15, -0.1) is 0 Å². The maximum atomic E-state index is 12.5. The van der Waals surface area contributed by atoms with Crippen LogP contribution in [0.5, 0.6) is 0 Å². The highest BCUT2D eigenvalue weighted by Gasteiger charge is 2.67. The van der Waals surface area contributed by atoms with Gasteiger partial charge in [0.2, 0.25) is 0 Å². The van der Waals surface area contributed by atoms with Crippen molar-refractivity contribution < 1.29 is 74.2 Å². The van der Waals surface area contributed by atoms with Gasteiger partial charge in [-0.1, -0.05) is 59.3 Å². The first-order valence-electron chi connectivity index (χ1n) is 20.5. The number of hydrogen-bond donors (Lipinski definition) is 8. The Kier molecular flexibility index (Phi) is 10.5. The molecule has 0 aromatic heterocycles. The maximum Gasteiger partial charge on any atom is 0.335 e. The lowest BCUT2D eigenvalue weighted by Crippen LogP contribution is -2.67. The van der Waals surface area contributed by atoms with Gasteiger partial charge in [0.25, 0.3) is 0 Å². The number of aliphatic carboxylic acids is 3. The zero-order chi connectivity index (χ0) is 42.0. The minimum absolute atomic E-state index is 0.0257. The van der Waals surface area contributed by atoms with E-state index in [2.05, 4.69) is 53.7 Å². The number of carbonyl (C=O) groups is 3. The van der Waals surface area contributed by atoms with Crippen LogP contribution in [-0.4, -0.2) is 126 Å². The fourth-order valence-corrected chi connectivity index (χ4v) is 12.9. The molecule has 0 aromatic rings. The van der Waals surface area contributed by atoms with Crippen molar-refractivity contribution in [2.75, 3.05) is 0 Å². The highest BCUT2D eigenvalue weighted by Crippen LogP contribution is 2.74. The van der Waals surface area contributed by atoms with E-state index in [4.69, 9.17) is 18.9 Å². The monoisotopic (exact) mass is 806 g/mol. The van der Waals surface area contributed by atoms with Crippen LogP contribution in [0, 0.1) is 44.3 Å². The molecule has 15 heteroatoms. The number of aliphatic hydroxyl groups is 5. The van der Waals surface area contributed by atoms with Crippen LogP contribution >= 0.6 is 0 Å². The van der Waals surface area contributed by atoms with Gasteiger partial charge in [-0.05, 0) is 109 Å². The van der Waals surface area contributed by atoms with Crippen molar-refractivity contribution in [1.82, 2.24) is 0 Å². The molecule has 57 heavy (non-hydrogen) atoms. The molecule has 15 nitrogen and oxygen atoms in total. The molecule has 0 amide bonds. The molecular formula is C42H62O15. The molecule has 7 aliphatic rings. The lowest BCUT2D eigenvalue weighted by Gasteiger charge is -2.69. The number of carboxylic acid groups (broad SMARTS) is 3. The third kappa shape index (κ3) is 6.27. The largest absolute Gasteiger partial charge is 0.481 e. The first-order chi connectivity index (χ1) is 26.4. The van der Waals surface area contributed by atoms with E-state index in [0.717, 1.165) is 38.5 Å². The number of fused-ring (bicyclic) bond motifs is 6. The fourth-order valence-electron chi connectivity index (χ4n) is 12.9. The highest BCUT2D eigenvalue weighted by atomic mass is 16.8. The molecule has 2 heterocycles. The Morgan fingerprint density at radius 2 is 1.28 bits per heavy atom. The summed E-state index contributed by atoms with van der Waals surface area (Å²) in [6, 6.07) is 0. The molecule has 2 unspecified atom stereocenters. The molecule has 0 aromatic carbocycles. The number of ether oxygens (including phenoxy) is 4. The molecule has 2 aliphatic heterocycles. The SMILES string of the molecule is CC1(C)C2CC[C@]3(C)C(C=CC4=C5C[C@@](C)(C(=O)O)CC[C@]5(C)CC[C@]43C)[C@@]2(C)CC[C@@H]1O[C@@H]1O[C@H](C(=O)O)[C@@H](O)[C@H](O)[C@H]1O[C@@H]1O[C@H](C(=O)O)[C@@H](O)[C@H](O)[C@H]1O. The molecule has 7 rings (SSSR count). The fraction of sp³-hybridized carbons (Fsp3) is 0.833. The Balaban J connectivity index is 1.17. The van der Waals surface area contributed by atoms with Crippen molar-refractivity contribution >= 4 is 17.9 Å². The van der Waals surface area contributed by atoms with Crippen LogP contribution in [0.3, 0.4) is 0 Å². The average molecular weight is 807 g/mol. The molecule has 0 bridgehead atoms. The zero-order valence-electron chi connectivity index (χ0n) is 34.0. The van der Waals surface area contributed by atoms with E-state index in [-0.39, 0.29) is 33.5 Å². The minimum atomic E-state index is -2.01. The van der Waals surface area contributed by atoms with Gasteiger partial charge in [0, 0.05) is 0 Å². The van der Waals surface area contributed by atoms with Crippen molar-refractivity contribution in [2.45, 2.75) is 174 Å². The molecule has 0 radical (unpaired) electrons. The van der Waals surface area contributed by atoms with Crippen LogP contribution in [0.25, 0.3) is 0 Å². The van der Waals surface area contributed by atoms with Crippen LogP contribution in [0.1, 0.15) is 106 Å². The third-order valence-corrected chi connectivity index (χ3v) is 16.9. The summed E-state index contributed by atoms with van der Waals surface area (Å²) >= 11 is 0. The van der Waals surface area contributed by atoms with E-state index in [1.807, 2.05) is 6.92 Å². The Hall–Kier alpha value is -2.47. The van der Waals surface area contributed by atoms with Gasteiger partial charge in [0.1, 0.15) is 36.6 Å². The van der Waals surface area contributed by atoms with Crippen LogP contribution in [0.4, 0.5) is 0 Å². The van der Waals surface area contributed by atoms with Gasteiger partial charge in [0.05, 0.1) is 11.5 Å². The summed E-state index contributed by atoms with van der Waals surface area (Å²) < 4.78 is 23.5. The van der Waals surface area contributed by atoms with E-state index in [0.29, 0.717) is 19.3 Å². The Bertz CT molecular complexity index is 1710. The molecule has 320 valence electrons. The molecule has 5 fully saturated rings. The Morgan fingerprint density at radius 3 is 1.89 bits per heavy atom. The molecule has 5 aliphatic carbocycles. The summed E-state index contributed by atoms with van der Waals surface area (Å²) in [5.74, 6) is -3.67. The first kappa shape index (κ1) is 42.6. The van der Waals surface area contributed by atoms with Crippen molar-refractivity contribution in [3.63, 3.8) is 0 Å². The molecule has 8 N–H and O–H groups in total. The minimum Gasteiger partial charge on any atom is -0.481 e. The maximum absolute atomic E-state index is 12.5. The van der Waals surface area contributed by atoms with Gasteiger partial charge in [-0.25, -0.2) is 9.59 Å². The number of carboxylic acids is 3. The second kappa shape index (κ2) is 14.1. The van der Waals surface area contributed by atoms with E-state index >= 15 is 0 Å². The topological polar surface area (TPSA) is 250 Å². The Morgan fingerprint density at radius 1 is 0.684 bits per heavy atom. The van der Waals surface area contributed by atoms with Gasteiger partial charge >= 0.3 is 17.9 Å². The van der Waals surface area contributed by atoms with Crippen molar-refractivity contribution in [3.8, 4) is 0 Å². The van der Waals surface area contributed by atoms with Crippen molar-refractivity contribution in [2.24, 2.45) is 44.3 Å². The quantitative estimate of drug-likeness (QED) is 0.172. The normalized spacial score (nSPS) is 51.8. The van der Waals surface area contributed by atoms with E-state index < -0.39 is 96.3 Å². The smallest absolute Gasteiger partial charge is 0.335 e. The van der Waals surface area contributed by atoms with E-state index in [1.54, 1.807) is 0 Å². The summed E-state index contributed by atoms with van der Waals surface area (Å²) in [6.45, 7) is 15.6.